The van der Waals surface area contributed by atoms with Crippen LogP contribution in [0.4, 0.5) is 0 Å². The molecule has 1 aliphatic heterocycles. The first-order valence-corrected chi connectivity index (χ1v) is 5.92. The van der Waals surface area contributed by atoms with Crippen LogP contribution in [-0.4, -0.2) is 46.1 Å². The van der Waals surface area contributed by atoms with Gasteiger partial charge in [-0.15, -0.1) is 5.10 Å². The van der Waals surface area contributed by atoms with Gasteiger partial charge in [0.2, 0.25) is 0 Å². The van der Waals surface area contributed by atoms with Crippen molar-refractivity contribution in [2.45, 2.75) is 25.9 Å². The third kappa shape index (κ3) is 2.59. The van der Waals surface area contributed by atoms with Crippen molar-refractivity contribution in [3.05, 3.63) is 11.9 Å². The quantitative estimate of drug-likeness (QED) is 0.797. The number of nitrogens with zero attached hydrogens (tertiary/aromatic N) is 4. The fourth-order valence-electron chi connectivity index (χ4n) is 2.36. The van der Waals surface area contributed by atoms with Crippen molar-refractivity contribution in [2.75, 3.05) is 20.1 Å². The largest absolute Gasteiger partial charge is 0.308 e. The third-order valence-electron chi connectivity index (χ3n) is 3.46. The molecule has 1 aromatic rings. The van der Waals surface area contributed by atoms with Gasteiger partial charge in [-0.25, -0.2) is 0 Å². The lowest BCUT2D eigenvalue weighted by Gasteiger charge is -2.35. The van der Waals surface area contributed by atoms with Crippen LogP contribution in [0.25, 0.3) is 0 Å². The van der Waals surface area contributed by atoms with Crippen LogP contribution in [0.1, 0.15) is 19.0 Å². The lowest BCUT2D eigenvalue weighted by Crippen LogP contribution is -2.46. The van der Waals surface area contributed by atoms with Gasteiger partial charge in [0.1, 0.15) is 0 Å². The SMILES string of the molecule is CC1CN(C)CCC1NCc1cnnn1C. The highest BCUT2D eigenvalue weighted by atomic mass is 15.4. The highest BCUT2D eigenvalue weighted by Gasteiger charge is 2.23. The molecule has 1 aliphatic rings. The van der Waals surface area contributed by atoms with Gasteiger partial charge in [-0.2, -0.15) is 0 Å². The first-order valence-electron chi connectivity index (χ1n) is 5.92. The number of aryl methyl sites for hydroxylation is 1. The van der Waals surface area contributed by atoms with Crippen molar-refractivity contribution < 1.29 is 0 Å². The molecule has 2 atom stereocenters. The van der Waals surface area contributed by atoms with Gasteiger partial charge in [0, 0.05) is 26.2 Å². The van der Waals surface area contributed by atoms with Crippen molar-refractivity contribution in [3.8, 4) is 0 Å². The molecule has 2 rings (SSSR count). The number of aromatic nitrogens is 3. The van der Waals surface area contributed by atoms with E-state index in [1.165, 1.54) is 19.5 Å². The standard InChI is InChI=1S/C11H21N5/c1-9-8-15(2)5-4-11(9)12-6-10-7-13-14-16(10)3/h7,9,11-12H,4-6,8H2,1-3H3. The van der Waals surface area contributed by atoms with E-state index in [1.807, 2.05) is 17.9 Å². The topological polar surface area (TPSA) is 46.0 Å². The average molecular weight is 223 g/mol. The summed E-state index contributed by atoms with van der Waals surface area (Å²) in [5.74, 6) is 0.708. The van der Waals surface area contributed by atoms with E-state index in [4.69, 9.17) is 0 Å². The Labute approximate surface area is 96.8 Å². The zero-order valence-electron chi connectivity index (χ0n) is 10.3. The van der Waals surface area contributed by atoms with Crippen LogP contribution in [0.2, 0.25) is 0 Å². The molecule has 2 unspecified atom stereocenters. The number of nitrogens with one attached hydrogen (secondary N) is 1. The van der Waals surface area contributed by atoms with Crippen LogP contribution in [-0.2, 0) is 13.6 Å². The number of piperidine rings is 1. The highest BCUT2D eigenvalue weighted by molar-refractivity contribution is 4.94. The summed E-state index contributed by atoms with van der Waals surface area (Å²) in [6.45, 7) is 5.55. The monoisotopic (exact) mass is 223 g/mol. The van der Waals surface area contributed by atoms with Crippen LogP contribution < -0.4 is 5.32 Å². The Morgan fingerprint density at radius 2 is 2.31 bits per heavy atom. The normalized spacial score (nSPS) is 27.2. The summed E-state index contributed by atoms with van der Waals surface area (Å²) in [4.78, 5) is 2.40. The smallest absolute Gasteiger partial charge is 0.0738 e. The van der Waals surface area contributed by atoms with Crippen LogP contribution in [0, 0.1) is 5.92 Å². The molecule has 1 N–H and O–H groups in total. The fraction of sp³-hybridized carbons (Fsp3) is 0.818. The van der Waals surface area contributed by atoms with Gasteiger partial charge in [0.25, 0.3) is 0 Å². The summed E-state index contributed by atoms with van der Waals surface area (Å²) in [5.41, 5.74) is 1.14. The predicted octanol–water partition coefficient (Wildman–Crippen LogP) is 0.245. The van der Waals surface area contributed by atoms with Gasteiger partial charge in [-0.1, -0.05) is 12.1 Å². The lowest BCUT2D eigenvalue weighted by molar-refractivity contribution is 0.174. The van der Waals surface area contributed by atoms with Crippen molar-refractivity contribution >= 4 is 0 Å². The molecule has 0 radical (unpaired) electrons. The molecule has 5 nitrogen and oxygen atoms in total. The fourth-order valence-corrected chi connectivity index (χ4v) is 2.36. The molecule has 5 heteroatoms. The van der Waals surface area contributed by atoms with Crippen LogP contribution in [0.3, 0.4) is 0 Å². The molecular formula is C11H21N5. The molecule has 0 amide bonds. The van der Waals surface area contributed by atoms with Gasteiger partial charge in [0.15, 0.2) is 0 Å². The zero-order chi connectivity index (χ0) is 11.5. The van der Waals surface area contributed by atoms with Crippen LogP contribution in [0.5, 0.6) is 0 Å². The third-order valence-corrected chi connectivity index (χ3v) is 3.46. The van der Waals surface area contributed by atoms with Gasteiger partial charge in [0.05, 0.1) is 11.9 Å². The summed E-state index contributed by atoms with van der Waals surface area (Å²) < 4.78 is 1.83. The Hall–Kier alpha value is -0.940. The summed E-state index contributed by atoms with van der Waals surface area (Å²) in [7, 11) is 4.12. The minimum absolute atomic E-state index is 0.617. The van der Waals surface area contributed by atoms with Gasteiger partial charge in [-0.05, 0) is 25.9 Å². The summed E-state index contributed by atoms with van der Waals surface area (Å²) in [6, 6.07) is 0.617. The molecule has 1 fully saturated rings. The highest BCUT2D eigenvalue weighted by Crippen LogP contribution is 2.15. The van der Waals surface area contributed by atoms with E-state index in [-0.39, 0.29) is 0 Å². The van der Waals surface area contributed by atoms with Gasteiger partial charge in [-0.3, -0.25) is 4.68 Å². The van der Waals surface area contributed by atoms with E-state index in [9.17, 15) is 0 Å². The maximum Gasteiger partial charge on any atom is 0.0738 e. The summed E-state index contributed by atoms with van der Waals surface area (Å²) >= 11 is 0. The first-order chi connectivity index (χ1) is 7.66. The Morgan fingerprint density at radius 1 is 1.50 bits per heavy atom. The summed E-state index contributed by atoms with van der Waals surface area (Å²) in [6.07, 6.45) is 3.05. The number of hydrogen-bond donors (Lipinski definition) is 1. The first kappa shape index (κ1) is 11.5. The molecule has 0 bridgehead atoms. The van der Waals surface area contributed by atoms with E-state index in [2.05, 4.69) is 34.5 Å². The Morgan fingerprint density at radius 3 is 2.94 bits per heavy atom. The maximum absolute atomic E-state index is 3.93. The second-order valence-electron chi connectivity index (χ2n) is 4.86. The minimum atomic E-state index is 0.617. The van der Waals surface area contributed by atoms with Crippen molar-refractivity contribution in [3.63, 3.8) is 0 Å². The molecule has 2 heterocycles. The molecule has 16 heavy (non-hydrogen) atoms. The van der Waals surface area contributed by atoms with Crippen molar-refractivity contribution in [1.29, 1.82) is 0 Å². The predicted molar refractivity (Wildman–Crippen MR) is 62.9 cm³/mol. The Kier molecular flexibility index (Phi) is 3.56. The van der Waals surface area contributed by atoms with E-state index in [0.717, 1.165) is 12.2 Å². The van der Waals surface area contributed by atoms with E-state index >= 15 is 0 Å². The van der Waals surface area contributed by atoms with E-state index in [0.29, 0.717) is 12.0 Å². The van der Waals surface area contributed by atoms with E-state index in [1.54, 1.807) is 0 Å². The molecule has 0 aliphatic carbocycles. The number of rotatable bonds is 3. The lowest BCUT2D eigenvalue weighted by atomic mass is 9.94. The van der Waals surface area contributed by atoms with Crippen molar-refractivity contribution in [2.24, 2.45) is 13.0 Å². The van der Waals surface area contributed by atoms with Crippen LogP contribution in [0.15, 0.2) is 6.20 Å². The minimum Gasteiger partial charge on any atom is -0.308 e. The maximum atomic E-state index is 3.93. The zero-order valence-corrected chi connectivity index (χ0v) is 10.3. The van der Waals surface area contributed by atoms with Gasteiger partial charge >= 0.3 is 0 Å². The molecule has 0 saturated carbocycles. The Bertz CT molecular complexity index is 335. The Balaban J connectivity index is 1.84. The average Bonchev–Trinajstić information content (AvgIpc) is 2.63. The number of hydrogen-bond acceptors (Lipinski definition) is 4. The molecule has 0 aromatic carbocycles. The molecule has 0 spiro atoms. The summed E-state index contributed by atoms with van der Waals surface area (Å²) in [5, 5.41) is 11.4. The second kappa shape index (κ2) is 4.93. The second-order valence-corrected chi connectivity index (χ2v) is 4.86. The van der Waals surface area contributed by atoms with Gasteiger partial charge < -0.3 is 10.2 Å². The van der Waals surface area contributed by atoms with Crippen molar-refractivity contribution in [1.82, 2.24) is 25.2 Å². The molecule has 90 valence electrons. The van der Waals surface area contributed by atoms with Crippen LogP contribution >= 0.6 is 0 Å². The number of likely N-dealkylation sites (tertiary alicyclic amines) is 1. The molecule has 1 aromatic heterocycles. The molecular weight excluding hydrogens is 202 g/mol. The van der Waals surface area contributed by atoms with E-state index < -0.39 is 0 Å². The molecule has 1 saturated heterocycles.